The largest absolute Gasteiger partial charge is 0.496 e. The fourth-order valence-electron chi connectivity index (χ4n) is 2.18. The van der Waals surface area contributed by atoms with Crippen LogP contribution in [0.3, 0.4) is 0 Å². The number of halogens is 1. The zero-order chi connectivity index (χ0) is 15.2. The molecule has 0 bridgehead atoms. The lowest BCUT2D eigenvalue weighted by atomic mass is 9.97. The first-order valence-electron chi connectivity index (χ1n) is 7.39. The Morgan fingerprint density at radius 2 is 1.95 bits per heavy atom. The molecule has 0 amide bonds. The van der Waals surface area contributed by atoms with E-state index in [0.29, 0.717) is 5.92 Å². The molecule has 0 radical (unpaired) electrons. The van der Waals surface area contributed by atoms with E-state index < -0.39 is 0 Å². The molecule has 0 heterocycles. The first-order chi connectivity index (χ1) is 9.31. The van der Waals surface area contributed by atoms with Gasteiger partial charge in [-0.25, -0.2) is 0 Å². The molecule has 20 heavy (non-hydrogen) atoms. The Hall–Kier alpha value is -0.730. The minimum atomic E-state index is 0.204. The normalized spacial score (nSPS) is 13.3. The fraction of sp³-hybridized carbons (Fsp3) is 0.647. The number of hydrogen-bond acceptors (Lipinski definition) is 2. The summed E-state index contributed by atoms with van der Waals surface area (Å²) in [4.78, 5) is 0. The molecule has 0 spiro atoms. The van der Waals surface area contributed by atoms with Gasteiger partial charge in [-0.3, -0.25) is 0 Å². The molecular weight excluding hydrogens is 270 g/mol. The van der Waals surface area contributed by atoms with Crippen LogP contribution in [0.1, 0.15) is 46.1 Å². The summed E-state index contributed by atoms with van der Waals surface area (Å²) < 4.78 is 5.39. The molecule has 0 saturated carbocycles. The summed E-state index contributed by atoms with van der Waals surface area (Å²) in [7, 11) is 1.71. The van der Waals surface area contributed by atoms with E-state index in [1.165, 1.54) is 12.0 Å². The predicted molar refractivity (Wildman–Crippen MR) is 87.9 cm³/mol. The molecular formula is C17H28ClNO. The van der Waals surface area contributed by atoms with Crippen molar-refractivity contribution >= 4 is 11.6 Å². The van der Waals surface area contributed by atoms with Crippen molar-refractivity contribution in [2.45, 2.75) is 52.5 Å². The average Bonchev–Trinajstić information content (AvgIpc) is 2.35. The summed E-state index contributed by atoms with van der Waals surface area (Å²) in [6.07, 6.45) is 3.36. The molecule has 3 heteroatoms. The van der Waals surface area contributed by atoms with E-state index in [9.17, 15) is 0 Å². The molecule has 0 aromatic heterocycles. The van der Waals surface area contributed by atoms with Crippen LogP contribution in [0.25, 0.3) is 0 Å². The molecule has 1 rings (SSSR count). The maximum absolute atomic E-state index is 6.06. The molecule has 0 aliphatic carbocycles. The second kappa shape index (κ2) is 7.90. The van der Waals surface area contributed by atoms with Gasteiger partial charge in [-0.15, -0.1) is 0 Å². The number of benzene rings is 1. The van der Waals surface area contributed by atoms with Crippen molar-refractivity contribution in [2.24, 2.45) is 5.92 Å². The van der Waals surface area contributed by atoms with Gasteiger partial charge in [0.05, 0.1) is 7.11 Å². The van der Waals surface area contributed by atoms with Crippen LogP contribution in [-0.2, 0) is 6.42 Å². The summed E-state index contributed by atoms with van der Waals surface area (Å²) in [5.74, 6) is 1.63. The van der Waals surface area contributed by atoms with Crippen LogP contribution in [-0.4, -0.2) is 19.2 Å². The van der Waals surface area contributed by atoms with Crippen molar-refractivity contribution < 1.29 is 4.74 Å². The standard InChI is InChI=1S/C17H28ClNO/c1-13(10-11-19-17(2,3)4)6-7-14-12-15(18)8-9-16(14)20-5/h8-9,12-13,19H,6-7,10-11H2,1-5H3. The summed E-state index contributed by atoms with van der Waals surface area (Å²) in [5.41, 5.74) is 1.41. The third-order valence-corrected chi connectivity index (χ3v) is 3.68. The smallest absolute Gasteiger partial charge is 0.122 e. The number of rotatable bonds is 7. The highest BCUT2D eigenvalue weighted by Gasteiger charge is 2.11. The van der Waals surface area contributed by atoms with Gasteiger partial charge in [0.1, 0.15) is 5.75 Å². The third-order valence-electron chi connectivity index (χ3n) is 3.44. The van der Waals surface area contributed by atoms with Crippen molar-refractivity contribution in [1.29, 1.82) is 0 Å². The fourth-order valence-corrected chi connectivity index (χ4v) is 2.38. The van der Waals surface area contributed by atoms with Crippen molar-refractivity contribution in [1.82, 2.24) is 5.32 Å². The number of ether oxygens (including phenoxy) is 1. The monoisotopic (exact) mass is 297 g/mol. The van der Waals surface area contributed by atoms with Crippen LogP contribution in [0.4, 0.5) is 0 Å². The number of nitrogens with one attached hydrogen (secondary N) is 1. The van der Waals surface area contributed by atoms with E-state index in [0.717, 1.165) is 30.2 Å². The van der Waals surface area contributed by atoms with Crippen molar-refractivity contribution in [3.05, 3.63) is 28.8 Å². The van der Waals surface area contributed by atoms with E-state index in [2.05, 4.69) is 33.0 Å². The predicted octanol–water partition coefficient (Wildman–Crippen LogP) is 4.70. The highest BCUT2D eigenvalue weighted by molar-refractivity contribution is 6.30. The molecule has 0 saturated heterocycles. The van der Waals surface area contributed by atoms with E-state index in [4.69, 9.17) is 16.3 Å². The Morgan fingerprint density at radius 3 is 2.55 bits per heavy atom. The highest BCUT2D eigenvalue weighted by Crippen LogP contribution is 2.25. The number of methoxy groups -OCH3 is 1. The van der Waals surface area contributed by atoms with Gasteiger partial charge in [-0.05, 0) is 76.3 Å². The summed E-state index contributed by atoms with van der Waals surface area (Å²) in [5, 5.41) is 4.32. The lowest BCUT2D eigenvalue weighted by molar-refractivity contribution is 0.383. The molecule has 1 atom stereocenters. The molecule has 114 valence electrons. The third kappa shape index (κ3) is 6.62. The first kappa shape index (κ1) is 17.3. The van der Waals surface area contributed by atoms with Gasteiger partial charge in [0, 0.05) is 10.6 Å². The summed E-state index contributed by atoms with van der Waals surface area (Å²) >= 11 is 6.06. The second-order valence-corrected chi connectivity index (χ2v) is 7.00. The first-order valence-corrected chi connectivity index (χ1v) is 7.77. The lowest BCUT2D eigenvalue weighted by Crippen LogP contribution is -2.36. The summed E-state index contributed by atoms with van der Waals surface area (Å²) in [6, 6.07) is 5.84. The molecule has 1 aromatic carbocycles. The zero-order valence-electron chi connectivity index (χ0n) is 13.4. The summed E-state index contributed by atoms with van der Waals surface area (Å²) in [6.45, 7) is 9.98. The average molecular weight is 298 g/mol. The van der Waals surface area contributed by atoms with Gasteiger partial charge in [0.15, 0.2) is 0 Å². The van der Waals surface area contributed by atoms with E-state index >= 15 is 0 Å². The number of hydrogen-bond donors (Lipinski definition) is 1. The van der Waals surface area contributed by atoms with Gasteiger partial charge in [0.25, 0.3) is 0 Å². The van der Waals surface area contributed by atoms with Crippen LogP contribution >= 0.6 is 11.6 Å². The van der Waals surface area contributed by atoms with E-state index in [-0.39, 0.29) is 5.54 Å². The molecule has 1 N–H and O–H groups in total. The molecule has 1 aromatic rings. The zero-order valence-corrected chi connectivity index (χ0v) is 14.2. The van der Waals surface area contributed by atoms with Gasteiger partial charge < -0.3 is 10.1 Å². The highest BCUT2D eigenvalue weighted by atomic mass is 35.5. The van der Waals surface area contributed by atoms with Gasteiger partial charge in [-0.2, -0.15) is 0 Å². The topological polar surface area (TPSA) is 21.3 Å². The minimum Gasteiger partial charge on any atom is -0.496 e. The Bertz CT molecular complexity index is 412. The minimum absolute atomic E-state index is 0.204. The molecule has 2 nitrogen and oxygen atoms in total. The van der Waals surface area contributed by atoms with Crippen LogP contribution in [0.2, 0.25) is 5.02 Å². The van der Waals surface area contributed by atoms with Crippen LogP contribution < -0.4 is 10.1 Å². The van der Waals surface area contributed by atoms with E-state index in [1.807, 2.05) is 18.2 Å². The van der Waals surface area contributed by atoms with Crippen molar-refractivity contribution in [3.8, 4) is 5.75 Å². The SMILES string of the molecule is COc1ccc(Cl)cc1CCC(C)CCNC(C)(C)C. The Kier molecular flexibility index (Phi) is 6.84. The van der Waals surface area contributed by atoms with Crippen LogP contribution in [0.15, 0.2) is 18.2 Å². The maximum atomic E-state index is 6.06. The van der Waals surface area contributed by atoms with Gasteiger partial charge in [0.2, 0.25) is 0 Å². The Balaban J connectivity index is 2.41. The molecule has 0 fully saturated rings. The molecule has 1 unspecified atom stereocenters. The maximum Gasteiger partial charge on any atom is 0.122 e. The van der Waals surface area contributed by atoms with Gasteiger partial charge >= 0.3 is 0 Å². The van der Waals surface area contributed by atoms with Crippen LogP contribution in [0, 0.1) is 5.92 Å². The molecule has 0 aliphatic rings. The number of aryl methyl sites for hydroxylation is 1. The quantitative estimate of drug-likeness (QED) is 0.788. The second-order valence-electron chi connectivity index (χ2n) is 6.57. The Labute approximate surface area is 128 Å². The Morgan fingerprint density at radius 1 is 1.25 bits per heavy atom. The van der Waals surface area contributed by atoms with Crippen molar-refractivity contribution in [3.63, 3.8) is 0 Å². The molecule has 0 aliphatic heterocycles. The van der Waals surface area contributed by atoms with E-state index in [1.54, 1.807) is 7.11 Å². The van der Waals surface area contributed by atoms with Gasteiger partial charge in [-0.1, -0.05) is 18.5 Å². The van der Waals surface area contributed by atoms with Crippen molar-refractivity contribution in [2.75, 3.05) is 13.7 Å². The lowest BCUT2D eigenvalue weighted by Gasteiger charge is -2.22. The van der Waals surface area contributed by atoms with Crippen LogP contribution in [0.5, 0.6) is 5.75 Å².